The molecule has 0 spiro atoms. The predicted octanol–water partition coefficient (Wildman–Crippen LogP) is 4.07. The minimum absolute atomic E-state index is 0.241. The van der Waals surface area contributed by atoms with Gasteiger partial charge in [-0.15, -0.1) is 0 Å². The van der Waals surface area contributed by atoms with Crippen molar-refractivity contribution in [1.29, 1.82) is 0 Å². The van der Waals surface area contributed by atoms with Crippen molar-refractivity contribution in [2.45, 2.75) is 19.8 Å². The zero-order valence-electron chi connectivity index (χ0n) is 11.7. The van der Waals surface area contributed by atoms with Crippen LogP contribution in [0.2, 0.25) is 0 Å². The van der Waals surface area contributed by atoms with Crippen molar-refractivity contribution < 1.29 is 5.11 Å². The highest BCUT2D eigenvalue weighted by Gasteiger charge is 2.09. The number of hydrogen-bond acceptors (Lipinski definition) is 1. The highest BCUT2D eigenvalue weighted by atomic mass is 16.2. The third kappa shape index (κ3) is 2.35. The van der Waals surface area contributed by atoms with Crippen molar-refractivity contribution in [3.63, 3.8) is 0 Å². The number of aliphatic hydroxyl groups is 1. The van der Waals surface area contributed by atoms with Crippen molar-refractivity contribution >= 4 is 10.9 Å². The molecule has 0 radical (unpaired) electrons. The summed E-state index contributed by atoms with van der Waals surface area (Å²) in [6.07, 6.45) is 1.73. The number of rotatable bonds is 4. The first-order valence-corrected chi connectivity index (χ1v) is 7.07. The molecular weight excluding hydrogens is 246 g/mol. The van der Waals surface area contributed by atoms with E-state index < -0.39 is 0 Å². The standard InChI is InChI=1S/C18H19NO/c1-13-16(8-5-11-20)17-12-15(9-10-18(17)19-13)14-6-3-2-4-7-14/h2-4,6-7,9-10,12,19-20H,5,8,11H2,1H3. The number of nitrogens with one attached hydrogen (secondary N) is 1. The maximum absolute atomic E-state index is 9.05. The van der Waals surface area contributed by atoms with Crippen molar-refractivity contribution in [2.24, 2.45) is 0 Å². The Balaban J connectivity index is 2.09. The van der Waals surface area contributed by atoms with E-state index in [-0.39, 0.29) is 6.61 Å². The number of aromatic nitrogens is 1. The van der Waals surface area contributed by atoms with E-state index in [9.17, 15) is 0 Å². The van der Waals surface area contributed by atoms with E-state index in [0.717, 1.165) is 12.8 Å². The van der Waals surface area contributed by atoms with Gasteiger partial charge < -0.3 is 10.1 Å². The fraction of sp³-hybridized carbons (Fsp3) is 0.222. The van der Waals surface area contributed by atoms with Crippen LogP contribution >= 0.6 is 0 Å². The van der Waals surface area contributed by atoms with Gasteiger partial charge in [0.15, 0.2) is 0 Å². The smallest absolute Gasteiger partial charge is 0.0459 e. The lowest BCUT2D eigenvalue weighted by Gasteiger charge is -2.04. The maximum Gasteiger partial charge on any atom is 0.0459 e. The van der Waals surface area contributed by atoms with E-state index in [1.165, 1.54) is 33.3 Å². The van der Waals surface area contributed by atoms with Crippen LogP contribution in [0.25, 0.3) is 22.0 Å². The second-order valence-corrected chi connectivity index (χ2v) is 5.18. The SMILES string of the molecule is Cc1[nH]c2ccc(-c3ccccc3)cc2c1CCCO. The number of benzene rings is 2. The van der Waals surface area contributed by atoms with Crippen LogP contribution in [0.3, 0.4) is 0 Å². The van der Waals surface area contributed by atoms with Gasteiger partial charge in [-0.25, -0.2) is 0 Å². The normalized spacial score (nSPS) is 11.1. The van der Waals surface area contributed by atoms with Crippen LogP contribution < -0.4 is 0 Å². The molecule has 0 atom stereocenters. The molecule has 102 valence electrons. The third-order valence-corrected chi connectivity index (χ3v) is 3.81. The molecule has 2 N–H and O–H groups in total. The van der Waals surface area contributed by atoms with Gasteiger partial charge >= 0.3 is 0 Å². The van der Waals surface area contributed by atoms with E-state index >= 15 is 0 Å². The summed E-state index contributed by atoms with van der Waals surface area (Å²) >= 11 is 0. The Kier molecular flexibility index (Phi) is 3.57. The van der Waals surface area contributed by atoms with Gasteiger partial charge in [-0.05, 0) is 48.6 Å². The Hall–Kier alpha value is -2.06. The number of hydrogen-bond donors (Lipinski definition) is 2. The van der Waals surface area contributed by atoms with Crippen LogP contribution in [0.5, 0.6) is 0 Å². The minimum Gasteiger partial charge on any atom is -0.396 e. The van der Waals surface area contributed by atoms with Crippen molar-refractivity contribution in [1.82, 2.24) is 4.98 Å². The van der Waals surface area contributed by atoms with Gasteiger partial charge in [0.25, 0.3) is 0 Å². The molecule has 3 rings (SSSR count). The molecule has 0 unspecified atom stereocenters. The number of H-pyrrole nitrogens is 1. The molecule has 3 aromatic rings. The van der Waals surface area contributed by atoms with Gasteiger partial charge in [0.1, 0.15) is 0 Å². The summed E-state index contributed by atoms with van der Waals surface area (Å²) in [6, 6.07) is 17.0. The van der Waals surface area contributed by atoms with Crippen LogP contribution in [0.4, 0.5) is 0 Å². The molecule has 0 saturated carbocycles. The monoisotopic (exact) mass is 265 g/mol. The molecule has 0 aliphatic rings. The Bertz CT molecular complexity index is 713. The zero-order chi connectivity index (χ0) is 13.9. The third-order valence-electron chi connectivity index (χ3n) is 3.81. The highest BCUT2D eigenvalue weighted by molar-refractivity contribution is 5.89. The molecule has 1 aromatic heterocycles. The molecule has 2 heteroatoms. The Morgan fingerprint density at radius 1 is 1.00 bits per heavy atom. The summed E-state index contributed by atoms with van der Waals surface area (Å²) in [6.45, 7) is 2.35. The van der Waals surface area contributed by atoms with Gasteiger partial charge in [0, 0.05) is 23.2 Å². The largest absolute Gasteiger partial charge is 0.396 e. The minimum atomic E-state index is 0.241. The number of fused-ring (bicyclic) bond motifs is 1. The van der Waals surface area contributed by atoms with Crippen molar-refractivity contribution in [3.8, 4) is 11.1 Å². The summed E-state index contributed by atoms with van der Waals surface area (Å²) in [7, 11) is 0. The Labute approximate surface area is 119 Å². The average Bonchev–Trinajstić information content (AvgIpc) is 2.80. The summed E-state index contributed by atoms with van der Waals surface area (Å²) < 4.78 is 0. The number of aliphatic hydroxyl groups excluding tert-OH is 1. The van der Waals surface area contributed by atoms with Crippen LogP contribution in [0, 0.1) is 6.92 Å². The topological polar surface area (TPSA) is 36.0 Å². The van der Waals surface area contributed by atoms with E-state index in [0.29, 0.717) is 0 Å². The van der Waals surface area contributed by atoms with Crippen LogP contribution in [-0.4, -0.2) is 16.7 Å². The predicted molar refractivity (Wildman–Crippen MR) is 83.9 cm³/mol. The highest BCUT2D eigenvalue weighted by Crippen LogP contribution is 2.28. The number of aryl methyl sites for hydroxylation is 2. The summed E-state index contributed by atoms with van der Waals surface area (Å²) in [4.78, 5) is 3.43. The lowest BCUT2D eigenvalue weighted by Crippen LogP contribution is -1.90. The van der Waals surface area contributed by atoms with Gasteiger partial charge in [-0.2, -0.15) is 0 Å². The first kappa shape index (κ1) is 12.9. The summed E-state index contributed by atoms with van der Waals surface area (Å²) in [5.74, 6) is 0. The first-order valence-electron chi connectivity index (χ1n) is 7.07. The van der Waals surface area contributed by atoms with E-state index in [1.54, 1.807) is 0 Å². The quantitative estimate of drug-likeness (QED) is 0.733. The zero-order valence-corrected chi connectivity index (χ0v) is 11.7. The second-order valence-electron chi connectivity index (χ2n) is 5.18. The number of aromatic amines is 1. The van der Waals surface area contributed by atoms with Gasteiger partial charge in [-0.1, -0.05) is 36.4 Å². The van der Waals surface area contributed by atoms with Gasteiger partial charge in [0.05, 0.1) is 0 Å². The molecular formula is C18H19NO. The fourth-order valence-corrected chi connectivity index (χ4v) is 2.77. The van der Waals surface area contributed by atoms with Crippen LogP contribution in [-0.2, 0) is 6.42 Å². The first-order chi connectivity index (χ1) is 9.79. The van der Waals surface area contributed by atoms with Crippen LogP contribution in [0.1, 0.15) is 17.7 Å². The molecule has 20 heavy (non-hydrogen) atoms. The lowest BCUT2D eigenvalue weighted by molar-refractivity contribution is 0.288. The van der Waals surface area contributed by atoms with Crippen molar-refractivity contribution in [2.75, 3.05) is 6.61 Å². The summed E-state index contributed by atoms with van der Waals surface area (Å²) in [5.41, 5.74) is 6.18. The molecule has 0 saturated heterocycles. The van der Waals surface area contributed by atoms with Gasteiger partial charge in [0.2, 0.25) is 0 Å². The molecule has 2 nitrogen and oxygen atoms in total. The molecule has 2 aromatic carbocycles. The Morgan fingerprint density at radius 2 is 1.80 bits per heavy atom. The molecule has 0 aliphatic carbocycles. The van der Waals surface area contributed by atoms with Crippen LogP contribution in [0.15, 0.2) is 48.5 Å². The molecule has 0 bridgehead atoms. The molecule has 0 amide bonds. The summed E-state index contributed by atoms with van der Waals surface area (Å²) in [5, 5.41) is 10.3. The molecule has 0 aliphatic heterocycles. The molecule has 1 heterocycles. The maximum atomic E-state index is 9.05. The van der Waals surface area contributed by atoms with E-state index in [4.69, 9.17) is 5.11 Å². The Morgan fingerprint density at radius 3 is 2.55 bits per heavy atom. The molecule has 0 fully saturated rings. The van der Waals surface area contributed by atoms with Crippen molar-refractivity contribution in [3.05, 3.63) is 59.8 Å². The van der Waals surface area contributed by atoms with E-state index in [2.05, 4.69) is 54.4 Å². The van der Waals surface area contributed by atoms with Gasteiger partial charge in [-0.3, -0.25) is 0 Å². The average molecular weight is 265 g/mol. The lowest BCUT2D eigenvalue weighted by atomic mass is 10.0. The van der Waals surface area contributed by atoms with E-state index in [1.807, 2.05) is 6.07 Å². The second kappa shape index (κ2) is 5.51. The fourth-order valence-electron chi connectivity index (χ4n) is 2.77.